The lowest BCUT2D eigenvalue weighted by molar-refractivity contribution is 0.104. The fourth-order valence-corrected chi connectivity index (χ4v) is 2.18. The van der Waals surface area contributed by atoms with E-state index in [0.29, 0.717) is 23.7 Å². The molecule has 116 valence electrons. The molecule has 0 bridgehead atoms. The first-order chi connectivity index (χ1) is 11.3. The monoisotopic (exact) mass is 308 g/mol. The number of hydrogen-bond acceptors (Lipinski definition) is 4. The van der Waals surface area contributed by atoms with Gasteiger partial charge in [0.1, 0.15) is 12.4 Å². The number of ketones is 1. The molecule has 0 spiro atoms. The maximum Gasteiger partial charge on any atom is 0.231 e. The standard InChI is InChI=1S/C19H16O4/c1-2-10-21-16-5-3-4-14(11-16)6-8-17(20)15-7-9-18-19(12-15)23-13-22-18/h2-9,11-12H,1,10,13H2/b8-6+. The van der Waals surface area contributed by atoms with E-state index in [1.807, 2.05) is 24.3 Å². The molecule has 2 aromatic rings. The molecule has 2 aromatic carbocycles. The second-order valence-electron chi connectivity index (χ2n) is 4.94. The van der Waals surface area contributed by atoms with Gasteiger partial charge in [-0.1, -0.05) is 30.9 Å². The van der Waals surface area contributed by atoms with Gasteiger partial charge in [0.15, 0.2) is 17.3 Å². The van der Waals surface area contributed by atoms with Crippen molar-refractivity contribution in [2.75, 3.05) is 13.4 Å². The number of ether oxygens (including phenoxy) is 3. The summed E-state index contributed by atoms with van der Waals surface area (Å²) in [5.74, 6) is 1.91. The summed E-state index contributed by atoms with van der Waals surface area (Å²) in [5.41, 5.74) is 1.45. The third-order valence-electron chi connectivity index (χ3n) is 3.31. The largest absolute Gasteiger partial charge is 0.490 e. The number of carbonyl (C=O) groups excluding carboxylic acids is 1. The van der Waals surface area contributed by atoms with Crippen LogP contribution < -0.4 is 14.2 Å². The van der Waals surface area contributed by atoms with Crippen molar-refractivity contribution in [1.82, 2.24) is 0 Å². The number of benzene rings is 2. The van der Waals surface area contributed by atoms with Crippen LogP contribution in [-0.2, 0) is 0 Å². The van der Waals surface area contributed by atoms with Gasteiger partial charge in [-0.2, -0.15) is 0 Å². The Morgan fingerprint density at radius 2 is 2.04 bits per heavy atom. The highest BCUT2D eigenvalue weighted by atomic mass is 16.7. The van der Waals surface area contributed by atoms with Gasteiger partial charge in [-0.15, -0.1) is 0 Å². The van der Waals surface area contributed by atoms with Gasteiger partial charge in [-0.3, -0.25) is 4.79 Å². The highest BCUT2D eigenvalue weighted by Crippen LogP contribution is 2.32. The lowest BCUT2D eigenvalue weighted by Gasteiger charge is -2.03. The minimum absolute atomic E-state index is 0.0966. The van der Waals surface area contributed by atoms with E-state index in [2.05, 4.69) is 6.58 Å². The van der Waals surface area contributed by atoms with Crippen molar-refractivity contribution in [1.29, 1.82) is 0 Å². The summed E-state index contributed by atoms with van der Waals surface area (Å²) < 4.78 is 16.0. The van der Waals surface area contributed by atoms with Gasteiger partial charge in [0.05, 0.1) is 0 Å². The Kier molecular flexibility index (Phi) is 4.43. The van der Waals surface area contributed by atoms with Crippen LogP contribution in [0.1, 0.15) is 15.9 Å². The lowest BCUT2D eigenvalue weighted by atomic mass is 10.1. The molecule has 0 N–H and O–H groups in total. The first-order valence-corrected chi connectivity index (χ1v) is 7.22. The number of rotatable bonds is 6. The lowest BCUT2D eigenvalue weighted by Crippen LogP contribution is -1.95. The molecule has 4 heteroatoms. The van der Waals surface area contributed by atoms with E-state index in [1.54, 1.807) is 30.4 Å². The molecule has 1 aliphatic rings. The predicted molar refractivity (Wildman–Crippen MR) is 88.1 cm³/mol. The van der Waals surface area contributed by atoms with E-state index in [1.165, 1.54) is 6.08 Å². The molecular formula is C19H16O4. The quantitative estimate of drug-likeness (QED) is 0.461. The summed E-state index contributed by atoms with van der Waals surface area (Å²) in [6.45, 7) is 4.26. The van der Waals surface area contributed by atoms with Crippen LogP contribution in [0, 0.1) is 0 Å². The van der Waals surface area contributed by atoms with E-state index in [4.69, 9.17) is 14.2 Å². The molecule has 1 heterocycles. The first kappa shape index (κ1) is 14.9. The second-order valence-corrected chi connectivity index (χ2v) is 4.94. The van der Waals surface area contributed by atoms with Gasteiger partial charge in [-0.25, -0.2) is 0 Å². The maximum atomic E-state index is 12.2. The van der Waals surface area contributed by atoms with Crippen LogP contribution >= 0.6 is 0 Å². The summed E-state index contributed by atoms with van der Waals surface area (Å²) in [4.78, 5) is 12.2. The highest BCUT2D eigenvalue weighted by molar-refractivity contribution is 6.07. The minimum Gasteiger partial charge on any atom is -0.490 e. The molecule has 0 aliphatic carbocycles. The molecule has 0 aromatic heterocycles. The van der Waals surface area contributed by atoms with Gasteiger partial charge >= 0.3 is 0 Å². The molecule has 4 nitrogen and oxygen atoms in total. The van der Waals surface area contributed by atoms with Crippen molar-refractivity contribution in [3.05, 3.63) is 72.3 Å². The Morgan fingerprint density at radius 1 is 1.17 bits per heavy atom. The predicted octanol–water partition coefficient (Wildman–Crippen LogP) is 3.88. The number of hydrogen-bond donors (Lipinski definition) is 0. The van der Waals surface area contributed by atoms with E-state index in [0.717, 1.165) is 11.3 Å². The van der Waals surface area contributed by atoms with Crippen LogP contribution in [0.5, 0.6) is 17.2 Å². The van der Waals surface area contributed by atoms with Crippen LogP contribution in [-0.4, -0.2) is 19.2 Å². The summed E-state index contributed by atoms with van der Waals surface area (Å²) in [5, 5.41) is 0. The third kappa shape index (κ3) is 3.61. The van der Waals surface area contributed by atoms with Crippen molar-refractivity contribution in [3.63, 3.8) is 0 Å². The summed E-state index contributed by atoms with van der Waals surface area (Å²) in [7, 11) is 0. The molecule has 0 radical (unpaired) electrons. The third-order valence-corrected chi connectivity index (χ3v) is 3.31. The molecule has 0 fully saturated rings. The van der Waals surface area contributed by atoms with E-state index >= 15 is 0 Å². The van der Waals surface area contributed by atoms with E-state index in [-0.39, 0.29) is 12.6 Å². The Morgan fingerprint density at radius 3 is 2.91 bits per heavy atom. The van der Waals surface area contributed by atoms with Crippen molar-refractivity contribution in [2.24, 2.45) is 0 Å². The summed E-state index contributed by atoms with van der Waals surface area (Å²) in [6, 6.07) is 12.7. The van der Waals surface area contributed by atoms with E-state index in [9.17, 15) is 4.79 Å². The fourth-order valence-electron chi connectivity index (χ4n) is 2.18. The molecule has 0 saturated carbocycles. The topological polar surface area (TPSA) is 44.8 Å². The molecule has 0 atom stereocenters. The zero-order valence-electron chi connectivity index (χ0n) is 12.5. The normalized spacial score (nSPS) is 12.3. The molecule has 23 heavy (non-hydrogen) atoms. The molecule has 0 amide bonds. The second kappa shape index (κ2) is 6.83. The van der Waals surface area contributed by atoms with Crippen LogP contribution in [0.2, 0.25) is 0 Å². The average Bonchev–Trinajstić information content (AvgIpc) is 3.06. The van der Waals surface area contributed by atoms with Gasteiger partial charge in [0.25, 0.3) is 0 Å². The smallest absolute Gasteiger partial charge is 0.231 e. The number of fused-ring (bicyclic) bond motifs is 1. The highest BCUT2D eigenvalue weighted by Gasteiger charge is 2.14. The average molecular weight is 308 g/mol. The zero-order chi connectivity index (χ0) is 16.1. The molecule has 0 unspecified atom stereocenters. The van der Waals surface area contributed by atoms with E-state index < -0.39 is 0 Å². The molecular weight excluding hydrogens is 292 g/mol. The van der Waals surface area contributed by atoms with Crippen molar-refractivity contribution >= 4 is 11.9 Å². The summed E-state index contributed by atoms with van der Waals surface area (Å²) in [6.07, 6.45) is 4.98. The van der Waals surface area contributed by atoms with Gasteiger partial charge in [0.2, 0.25) is 6.79 Å². The van der Waals surface area contributed by atoms with Gasteiger partial charge < -0.3 is 14.2 Å². The van der Waals surface area contributed by atoms with Crippen molar-refractivity contribution < 1.29 is 19.0 Å². The zero-order valence-corrected chi connectivity index (χ0v) is 12.5. The Balaban J connectivity index is 1.72. The van der Waals surface area contributed by atoms with Crippen LogP contribution in [0.3, 0.4) is 0 Å². The summed E-state index contributed by atoms with van der Waals surface area (Å²) >= 11 is 0. The fraction of sp³-hybridized carbons (Fsp3) is 0.105. The maximum absolute atomic E-state index is 12.2. The molecule has 1 aliphatic heterocycles. The van der Waals surface area contributed by atoms with Crippen LogP contribution in [0.4, 0.5) is 0 Å². The van der Waals surface area contributed by atoms with Crippen molar-refractivity contribution in [3.8, 4) is 17.2 Å². The Hall–Kier alpha value is -3.01. The Labute approximate surface area is 134 Å². The SMILES string of the molecule is C=CCOc1cccc(/C=C/C(=O)c2ccc3c(c2)OCO3)c1. The van der Waals surface area contributed by atoms with Gasteiger partial charge in [0, 0.05) is 5.56 Å². The number of allylic oxidation sites excluding steroid dienone is 1. The number of carbonyl (C=O) groups is 1. The van der Waals surface area contributed by atoms with Crippen molar-refractivity contribution in [2.45, 2.75) is 0 Å². The molecule has 3 rings (SSSR count). The van der Waals surface area contributed by atoms with Crippen LogP contribution in [0.15, 0.2) is 61.2 Å². The Bertz CT molecular complexity index is 762. The molecule has 0 saturated heterocycles. The van der Waals surface area contributed by atoms with Crippen LogP contribution in [0.25, 0.3) is 6.08 Å². The first-order valence-electron chi connectivity index (χ1n) is 7.22. The minimum atomic E-state index is -0.0966. The van der Waals surface area contributed by atoms with Gasteiger partial charge in [-0.05, 0) is 42.0 Å².